The predicted octanol–water partition coefficient (Wildman–Crippen LogP) is 4.00. The van der Waals surface area contributed by atoms with Crippen LogP contribution >= 0.6 is 0 Å². The van der Waals surface area contributed by atoms with Crippen LogP contribution in [0.15, 0.2) is 44.3 Å². The van der Waals surface area contributed by atoms with Crippen LogP contribution in [0.1, 0.15) is 19.4 Å². The van der Waals surface area contributed by atoms with Gasteiger partial charge in [-0.3, -0.25) is 4.79 Å². The van der Waals surface area contributed by atoms with Crippen molar-refractivity contribution in [2.75, 3.05) is 13.7 Å². The van der Waals surface area contributed by atoms with Crippen molar-refractivity contribution in [1.29, 1.82) is 0 Å². The van der Waals surface area contributed by atoms with Crippen LogP contribution in [0.2, 0.25) is 0 Å². The number of aryl methyl sites for hydroxylation is 2. The van der Waals surface area contributed by atoms with Gasteiger partial charge < -0.3 is 18.5 Å². The molecule has 0 N–H and O–H groups in total. The number of aromatic nitrogens is 1. The van der Waals surface area contributed by atoms with Crippen LogP contribution in [0.25, 0.3) is 32.6 Å². The highest BCUT2D eigenvalue weighted by atomic mass is 16.5. The molecule has 0 fully saturated rings. The fourth-order valence-electron chi connectivity index (χ4n) is 3.92. The molecule has 0 aliphatic carbocycles. The van der Waals surface area contributed by atoms with Gasteiger partial charge in [-0.15, -0.1) is 0 Å². The maximum atomic E-state index is 12.9. The SMILES string of the molecule is CCOc1ccc2oc(=O)c3c(ccc4c3c(C)cc(=O)n4CC)c2c1OC. The summed E-state index contributed by atoms with van der Waals surface area (Å²) in [6, 6.07) is 8.73. The number of hydrogen-bond donors (Lipinski definition) is 0. The van der Waals surface area contributed by atoms with Crippen molar-refractivity contribution < 1.29 is 13.9 Å². The number of nitrogens with zero attached hydrogens (tertiary/aromatic N) is 1. The lowest BCUT2D eigenvalue weighted by Gasteiger charge is -2.15. The molecule has 0 saturated carbocycles. The molecule has 0 amide bonds. The van der Waals surface area contributed by atoms with Crippen LogP contribution in [-0.2, 0) is 6.54 Å². The maximum absolute atomic E-state index is 12.9. The van der Waals surface area contributed by atoms with E-state index in [-0.39, 0.29) is 5.56 Å². The van der Waals surface area contributed by atoms with Crippen molar-refractivity contribution in [3.05, 3.63) is 56.7 Å². The molecule has 28 heavy (non-hydrogen) atoms. The zero-order chi connectivity index (χ0) is 20.0. The molecule has 0 radical (unpaired) electrons. The second-order valence-electron chi connectivity index (χ2n) is 6.58. The Labute approximate surface area is 160 Å². The van der Waals surface area contributed by atoms with Crippen LogP contribution in [0.5, 0.6) is 11.5 Å². The van der Waals surface area contributed by atoms with Crippen LogP contribution < -0.4 is 20.7 Å². The van der Waals surface area contributed by atoms with E-state index >= 15 is 0 Å². The third kappa shape index (κ3) is 2.48. The molecule has 0 bridgehead atoms. The number of fused-ring (bicyclic) bond motifs is 5. The summed E-state index contributed by atoms with van der Waals surface area (Å²) in [6.07, 6.45) is 0. The minimum Gasteiger partial charge on any atom is -0.492 e. The minimum atomic E-state index is -0.441. The number of methoxy groups -OCH3 is 1. The first-order valence-electron chi connectivity index (χ1n) is 9.25. The molecule has 0 spiro atoms. The quantitative estimate of drug-likeness (QED) is 0.396. The van der Waals surface area contributed by atoms with Crippen LogP contribution in [0.4, 0.5) is 0 Å². The standard InChI is InChI=1S/C22H21NO5/c1-5-23-14-8-7-13-19-15(9-10-16(27-6-2)21(19)26-4)28-22(25)20(13)18(14)12(3)11-17(23)24/h7-11H,5-6H2,1-4H3. The normalized spacial score (nSPS) is 11.4. The lowest BCUT2D eigenvalue weighted by atomic mass is 9.99. The predicted molar refractivity (Wildman–Crippen MR) is 110 cm³/mol. The highest BCUT2D eigenvalue weighted by molar-refractivity contribution is 6.17. The third-order valence-electron chi connectivity index (χ3n) is 5.05. The fraction of sp³-hybridized carbons (Fsp3) is 0.273. The number of benzene rings is 2. The van der Waals surface area contributed by atoms with Crippen molar-refractivity contribution in [3.8, 4) is 11.5 Å². The second kappa shape index (κ2) is 6.71. The Morgan fingerprint density at radius 1 is 1.04 bits per heavy atom. The second-order valence-corrected chi connectivity index (χ2v) is 6.58. The van der Waals surface area contributed by atoms with E-state index in [2.05, 4.69) is 0 Å². The summed E-state index contributed by atoms with van der Waals surface area (Å²) >= 11 is 0. The van der Waals surface area contributed by atoms with E-state index in [4.69, 9.17) is 13.9 Å². The van der Waals surface area contributed by atoms with E-state index in [1.165, 1.54) is 0 Å². The summed E-state index contributed by atoms with van der Waals surface area (Å²) in [4.78, 5) is 25.3. The van der Waals surface area contributed by atoms with Gasteiger partial charge in [-0.1, -0.05) is 6.07 Å². The van der Waals surface area contributed by atoms with Crippen LogP contribution in [-0.4, -0.2) is 18.3 Å². The first-order valence-corrected chi connectivity index (χ1v) is 9.25. The summed E-state index contributed by atoms with van der Waals surface area (Å²) < 4.78 is 18.6. The van der Waals surface area contributed by atoms with Crippen molar-refractivity contribution >= 4 is 32.6 Å². The molecule has 6 heteroatoms. The van der Waals surface area contributed by atoms with Crippen LogP contribution in [0.3, 0.4) is 0 Å². The third-order valence-corrected chi connectivity index (χ3v) is 5.05. The molecule has 2 heterocycles. The summed E-state index contributed by atoms with van der Waals surface area (Å²) in [5, 5.41) is 2.55. The number of ether oxygens (including phenoxy) is 2. The smallest absolute Gasteiger partial charge is 0.344 e. The van der Waals surface area contributed by atoms with Gasteiger partial charge in [-0.25, -0.2) is 4.79 Å². The Morgan fingerprint density at radius 2 is 1.82 bits per heavy atom. The molecule has 4 aromatic rings. The Morgan fingerprint density at radius 3 is 2.50 bits per heavy atom. The molecule has 0 unspecified atom stereocenters. The summed E-state index contributed by atoms with van der Waals surface area (Å²) in [5.41, 5.74) is 1.35. The summed E-state index contributed by atoms with van der Waals surface area (Å²) in [6.45, 7) is 6.63. The van der Waals surface area contributed by atoms with E-state index in [1.54, 1.807) is 29.9 Å². The van der Waals surface area contributed by atoms with E-state index in [0.717, 1.165) is 10.9 Å². The first-order chi connectivity index (χ1) is 13.5. The largest absolute Gasteiger partial charge is 0.492 e. The van der Waals surface area contributed by atoms with Gasteiger partial charge in [0.2, 0.25) is 0 Å². The maximum Gasteiger partial charge on any atom is 0.344 e. The monoisotopic (exact) mass is 379 g/mol. The van der Waals surface area contributed by atoms with E-state index in [0.29, 0.717) is 51.9 Å². The highest BCUT2D eigenvalue weighted by Crippen LogP contribution is 2.40. The molecular weight excluding hydrogens is 358 g/mol. The topological polar surface area (TPSA) is 70.7 Å². The van der Waals surface area contributed by atoms with Crippen LogP contribution in [0, 0.1) is 6.92 Å². The van der Waals surface area contributed by atoms with Gasteiger partial charge >= 0.3 is 5.63 Å². The molecule has 2 aromatic carbocycles. The van der Waals surface area contributed by atoms with Gasteiger partial charge in [0.05, 0.1) is 30.0 Å². The number of rotatable bonds is 4. The Balaban J connectivity index is 2.30. The summed E-state index contributed by atoms with van der Waals surface area (Å²) in [5.74, 6) is 1.11. The number of hydrogen-bond acceptors (Lipinski definition) is 5. The lowest BCUT2D eigenvalue weighted by molar-refractivity contribution is 0.313. The molecule has 0 saturated heterocycles. The minimum absolute atomic E-state index is 0.0896. The average Bonchev–Trinajstić information content (AvgIpc) is 2.68. The zero-order valence-corrected chi connectivity index (χ0v) is 16.3. The molecule has 4 rings (SSSR count). The Hall–Kier alpha value is -3.28. The Kier molecular flexibility index (Phi) is 4.34. The van der Waals surface area contributed by atoms with E-state index in [1.807, 2.05) is 32.9 Å². The van der Waals surface area contributed by atoms with Gasteiger partial charge in [0.25, 0.3) is 5.56 Å². The van der Waals surface area contributed by atoms with E-state index < -0.39 is 5.63 Å². The van der Waals surface area contributed by atoms with E-state index in [9.17, 15) is 9.59 Å². The van der Waals surface area contributed by atoms with Crippen molar-refractivity contribution in [2.24, 2.45) is 0 Å². The van der Waals surface area contributed by atoms with Gasteiger partial charge in [0, 0.05) is 23.4 Å². The van der Waals surface area contributed by atoms with Gasteiger partial charge in [-0.2, -0.15) is 0 Å². The van der Waals surface area contributed by atoms with Crippen molar-refractivity contribution in [3.63, 3.8) is 0 Å². The van der Waals surface area contributed by atoms with Gasteiger partial charge in [0.1, 0.15) is 5.58 Å². The average molecular weight is 379 g/mol. The van der Waals surface area contributed by atoms with Gasteiger partial charge in [-0.05, 0) is 44.5 Å². The lowest BCUT2D eigenvalue weighted by Crippen LogP contribution is -2.19. The Bertz CT molecular complexity index is 1350. The fourth-order valence-corrected chi connectivity index (χ4v) is 3.92. The zero-order valence-electron chi connectivity index (χ0n) is 16.3. The molecule has 2 aromatic heterocycles. The highest BCUT2D eigenvalue weighted by Gasteiger charge is 2.19. The molecule has 144 valence electrons. The molecule has 0 aliphatic rings. The summed E-state index contributed by atoms with van der Waals surface area (Å²) in [7, 11) is 1.56. The van der Waals surface area contributed by atoms with Gasteiger partial charge in [0.15, 0.2) is 11.5 Å². The number of pyridine rings is 1. The molecular formula is C22H21NO5. The van der Waals surface area contributed by atoms with Crippen molar-refractivity contribution in [1.82, 2.24) is 4.57 Å². The van der Waals surface area contributed by atoms with Crippen molar-refractivity contribution in [2.45, 2.75) is 27.3 Å². The first kappa shape index (κ1) is 18.1. The molecule has 6 nitrogen and oxygen atoms in total. The molecule has 0 aliphatic heterocycles. The molecule has 0 atom stereocenters.